The van der Waals surface area contributed by atoms with Crippen molar-refractivity contribution in [1.82, 2.24) is 9.88 Å². The number of ether oxygens (including phenoxy) is 1. The van der Waals surface area contributed by atoms with Gasteiger partial charge in [0.15, 0.2) is 0 Å². The first-order valence-corrected chi connectivity index (χ1v) is 8.33. The van der Waals surface area contributed by atoms with Gasteiger partial charge in [0.2, 0.25) is 0 Å². The van der Waals surface area contributed by atoms with E-state index in [-0.39, 0.29) is 5.56 Å². The molecule has 128 valence electrons. The van der Waals surface area contributed by atoms with Crippen molar-refractivity contribution in [3.63, 3.8) is 0 Å². The number of aryl methyl sites for hydroxylation is 1. The van der Waals surface area contributed by atoms with E-state index in [1.807, 2.05) is 31.2 Å². The average Bonchev–Trinajstić information content (AvgIpc) is 2.83. The zero-order chi connectivity index (χ0) is 16.9. The summed E-state index contributed by atoms with van der Waals surface area (Å²) in [6.07, 6.45) is 1.04. The Morgan fingerprint density at radius 2 is 2.17 bits per heavy atom. The van der Waals surface area contributed by atoms with Gasteiger partial charge in [-0.05, 0) is 25.0 Å². The Morgan fingerprint density at radius 1 is 1.33 bits per heavy atom. The van der Waals surface area contributed by atoms with Gasteiger partial charge < -0.3 is 15.2 Å². The van der Waals surface area contributed by atoms with Gasteiger partial charge in [0.25, 0.3) is 0 Å². The Kier molecular flexibility index (Phi) is 5.27. The maximum Gasteiger partial charge on any atom is 0.339 e. The highest BCUT2D eigenvalue weighted by atomic mass is 16.5. The number of hydrogen-bond donors (Lipinski definition) is 2. The lowest BCUT2D eigenvalue weighted by molar-refractivity contribution is 0.0697. The third-order valence-electron chi connectivity index (χ3n) is 4.40. The highest BCUT2D eigenvalue weighted by Gasteiger charge is 2.18. The Hall–Kier alpha value is -2.18. The van der Waals surface area contributed by atoms with Crippen molar-refractivity contribution in [2.75, 3.05) is 44.7 Å². The first-order valence-electron chi connectivity index (χ1n) is 8.33. The molecule has 3 rings (SSSR count). The Morgan fingerprint density at radius 3 is 3.00 bits per heavy atom. The minimum atomic E-state index is -0.948. The lowest BCUT2D eigenvalue weighted by atomic mass is 10.0. The fraction of sp³-hybridized carbons (Fsp3) is 0.444. The summed E-state index contributed by atoms with van der Waals surface area (Å²) in [6.45, 7) is 6.84. The highest BCUT2D eigenvalue weighted by Crippen LogP contribution is 2.25. The van der Waals surface area contributed by atoms with Gasteiger partial charge in [0, 0.05) is 38.2 Å². The molecule has 24 heavy (non-hydrogen) atoms. The summed E-state index contributed by atoms with van der Waals surface area (Å²) in [6, 6.07) is 7.63. The van der Waals surface area contributed by atoms with Gasteiger partial charge in [-0.2, -0.15) is 0 Å². The molecule has 1 fully saturated rings. The standard InChI is InChI=1S/C18H23N3O3/c1-13-14-5-2-3-6-15(14)20-17(16(13)18(22)23)19-7-9-21-8-4-11-24-12-10-21/h2-3,5-6H,4,7-12H2,1H3,(H,19,20)(H,22,23). The van der Waals surface area contributed by atoms with Crippen LogP contribution in [0.2, 0.25) is 0 Å². The molecule has 1 saturated heterocycles. The van der Waals surface area contributed by atoms with E-state index in [0.717, 1.165) is 55.7 Å². The quantitative estimate of drug-likeness (QED) is 0.877. The van der Waals surface area contributed by atoms with Gasteiger partial charge in [0.1, 0.15) is 11.4 Å². The van der Waals surface area contributed by atoms with Crippen LogP contribution in [0.1, 0.15) is 22.3 Å². The van der Waals surface area contributed by atoms with E-state index in [9.17, 15) is 9.90 Å². The van der Waals surface area contributed by atoms with Crippen molar-refractivity contribution in [1.29, 1.82) is 0 Å². The van der Waals surface area contributed by atoms with E-state index in [2.05, 4.69) is 15.2 Å². The SMILES string of the molecule is Cc1c(C(=O)O)c(NCCN2CCCOCC2)nc2ccccc12. The lowest BCUT2D eigenvalue weighted by Gasteiger charge is -2.20. The number of para-hydroxylation sites is 1. The maximum atomic E-state index is 11.7. The van der Waals surface area contributed by atoms with Crippen molar-refractivity contribution in [2.45, 2.75) is 13.3 Å². The molecule has 1 aromatic carbocycles. The lowest BCUT2D eigenvalue weighted by Crippen LogP contribution is -2.31. The Labute approximate surface area is 141 Å². The van der Waals surface area contributed by atoms with Gasteiger partial charge in [-0.25, -0.2) is 9.78 Å². The minimum absolute atomic E-state index is 0.257. The van der Waals surface area contributed by atoms with Crippen molar-refractivity contribution in [3.8, 4) is 0 Å². The number of fused-ring (bicyclic) bond motifs is 1. The Balaban J connectivity index is 1.77. The van der Waals surface area contributed by atoms with Crippen LogP contribution in [0, 0.1) is 6.92 Å². The van der Waals surface area contributed by atoms with E-state index < -0.39 is 5.97 Å². The third kappa shape index (κ3) is 3.66. The number of pyridine rings is 1. The molecular weight excluding hydrogens is 306 g/mol. The Bertz CT molecular complexity index is 725. The maximum absolute atomic E-state index is 11.7. The minimum Gasteiger partial charge on any atom is -0.478 e. The first-order chi connectivity index (χ1) is 11.7. The summed E-state index contributed by atoms with van der Waals surface area (Å²) in [7, 11) is 0. The molecule has 6 heteroatoms. The number of nitrogens with zero attached hydrogens (tertiary/aromatic N) is 2. The van der Waals surface area contributed by atoms with Gasteiger partial charge in [0.05, 0.1) is 12.1 Å². The zero-order valence-corrected chi connectivity index (χ0v) is 13.9. The molecule has 0 bridgehead atoms. The number of aromatic nitrogens is 1. The second-order valence-corrected chi connectivity index (χ2v) is 6.02. The van der Waals surface area contributed by atoms with Crippen LogP contribution in [0.25, 0.3) is 10.9 Å². The number of carboxylic acids is 1. The zero-order valence-electron chi connectivity index (χ0n) is 13.9. The third-order valence-corrected chi connectivity index (χ3v) is 4.40. The predicted molar refractivity (Wildman–Crippen MR) is 93.8 cm³/mol. The number of nitrogens with one attached hydrogen (secondary N) is 1. The van der Waals surface area contributed by atoms with Crippen LogP contribution in [-0.2, 0) is 4.74 Å². The number of carboxylic acid groups (broad SMARTS) is 1. The molecular formula is C18H23N3O3. The molecule has 0 unspecified atom stereocenters. The number of hydrogen-bond acceptors (Lipinski definition) is 5. The van der Waals surface area contributed by atoms with Gasteiger partial charge in [-0.3, -0.25) is 4.90 Å². The van der Waals surface area contributed by atoms with Crippen LogP contribution in [-0.4, -0.2) is 60.4 Å². The summed E-state index contributed by atoms with van der Waals surface area (Å²) in [5, 5.41) is 13.7. The van der Waals surface area contributed by atoms with Crippen molar-refractivity contribution < 1.29 is 14.6 Å². The summed E-state index contributed by atoms with van der Waals surface area (Å²) < 4.78 is 5.45. The van der Waals surface area contributed by atoms with Crippen LogP contribution in [0.5, 0.6) is 0 Å². The molecule has 0 aliphatic carbocycles. The molecule has 0 amide bonds. The van der Waals surface area contributed by atoms with Crippen LogP contribution >= 0.6 is 0 Å². The molecule has 2 heterocycles. The number of anilines is 1. The molecule has 1 aliphatic rings. The predicted octanol–water partition coefficient (Wildman–Crippen LogP) is 2.38. The van der Waals surface area contributed by atoms with E-state index in [0.29, 0.717) is 12.4 Å². The summed E-state index contributed by atoms with van der Waals surface area (Å²) in [5.74, 6) is -0.499. The molecule has 2 aromatic rings. The topological polar surface area (TPSA) is 74.7 Å². The summed E-state index contributed by atoms with van der Waals surface area (Å²) >= 11 is 0. The normalized spacial score (nSPS) is 16.0. The summed E-state index contributed by atoms with van der Waals surface area (Å²) in [4.78, 5) is 18.5. The molecule has 0 spiro atoms. The highest BCUT2D eigenvalue weighted by molar-refractivity contribution is 6.01. The monoisotopic (exact) mass is 329 g/mol. The van der Waals surface area contributed by atoms with E-state index in [1.165, 1.54) is 0 Å². The summed E-state index contributed by atoms with van der Waals surface area (Å²) in [5.41, 5.74) is 1.82. The molecule has 0 atom stereocenters. The van der Waals surface area contributed by atoms with Gasteiger partial charge in [-0.1, -0.05) is 18.2 Å². The fourth-order valence-electron chi connectivity index (χ4n) is 3.12. The molecule has 1 aromatic heterocycles. The average molecular weight is 329 g/mol. The number of carbonyl (C=O) groups is 1. The van der Waals surface area contributed by atoms with Gasteiger partial charge >= 0.3 is 5.97 Å². The smallest absolute Gasteiger partial charge is 0.339 e. The van der Waals surface area contributed by atoms with Gasteiger partial charge in [-0.15, -0.1) is 0 Å². The van der Waals surface area contributed by atoms with Crippen LogP contribution in [0.4, 0.5) is 5.82 Å². The molecule has 1 aliphatic heterocycles. The van der Waals surface area contributed by atoms with Crippen LogP contribution in [0.3, 0.4) is 0 Å². The van der Waals surface area contributed by atoms with E-state index in [4.69, 9.17) is 4.74 Å². The second kappa shape index (κ2) is 7.59. The van der Waals surface area contributed by atoms with E-state index >= 15 is 0 Å². The van der Waals surface area contributed by atoms with Crippen molar-refractivity contribution in [3.05, 3.63) is 35.4 Å². The largest absolute Gasteiger partial charge is 0.478 e. The number of benzene rings is 1. The number of aromatic carboxylic acids is 1. The molecule has 0 radical (unpaired) electrons. The fourth-order valence-corrected chi connectivity index (χ4v) is 3.12. The second-order valence-electron chi connectivity index (χ2n) is 6.02. The van der Waals surface area contributed by atoms with Crippen LogP contribution < -0.4 is 5.32 Å². The number of rotatable bonds is 5. The van der Waals surface area contributed by atoms with E-state index in [1.54, 1.807) is 0 Å². The van der Waals surface area contributed by atoms with Crippen molar-refractivity contribution >= 4 is 22.7 Å². The molecule has 0 saturated carbocycles. The van der Waals surface area contributed by atoms with Crippen LogP contribution in [0.15, 0.2) is 24.3 Å². The molecule has 2 N–H and O–H groups in total. The van der Waals surface area contributed by atoms with Crippen molar-refractivity contribution in [2.24, 2.45) is 0 Å². The first kappa shape index (κ1) is 16.7. The molecule has 6 nitrogen and oxygen atoms in total.